The quantitative estimate of drug-likeness (QED) is 0.0918. The molecular weight excluding hydrogens is 1330 g/mol. The normalized spacial score (nSPS) is 27.0. The Bertz CT molecular complexity index is 2970. The first-order valence-electron chi connectivity index (χ1n) is 38.2. The molecule has 104 heavy (non-hydrogen) atoms. The number of carbonyl (C=O) groups excluding carboxylic acids is 11. The summed E-state index contributed by atoms with van der Waals surface area (Å²) in [4.78, 5) is 183. The van der Waals surface area contributed by atoms with Gasteiger partial charge in [0, 0.05) is 68.5 Å². The molecule has 0 aliphatic carbocycles. The zero-order valence-electron chi connectivity index (χ0n) is 67.3. The molecule has 0 bridgehead atoms. The van der Waals surface area contributed by atoms with E-state index in [1.807, 2.05) is 66.7 Å². The fourth-order valence-electron chi connectivity index (χ4n) is 14.1. The van der Waals surface area contributed by atoms with Crippen molar-refractivity contribution >= 4 is 65.0 Å². The summed E-state index contributed by atoms with van der Waals surface area (Å²) in [6.45, 7) is 33.7. The first kappa shape index (κ1) is 89.6. The number of hydrogen-bond donors (Lipinski definition) is 4. The number of ether oxygens (including phenoxy) is 2. The van der Waals surface area contributed by atoms with Crippen LogP contribution in [0.5, 0.6) is 0 Å². The highest BCUT2D eigenvalue weighted by molar-refractivity contribution is 6.00. The van der Waals surface area contributed by atoms with Crippen molar-refractivity contribution in [1.29, 1.82) is 0 Å². The summed E-state index contributed by atoms with van der Waals surface area (Å²) < 4.78 is 11.9. The number of rotatable bonds is 25. The maximum Gasteiger partial charge on any atom is 0.270 e. The van der Waals surface area contributed by atoms with Crippen LogP contribution >= 0.6 is 0 Å². The third kappa shape index (κ3) is 25.2. The molecule has 3 aliphatic rings. The number of likely N-dealkylation sites (N-methyl/N-ethyl adjacent to an activating group) is 6. The van der Waals surface area contributed by atoms with Gasteiger partial charge in [0.25, 0.3) is 5.91 Å². The molecule has 0 spiro atoms. The van der Waals surface area contributed by atoms with Gasteiger partial charge in [-0.05, 0) is 140 Å². The molecule has 4 N–H and O–H groups in total. The minimum Gasteiger partial charge on any atom is -0.379 e. The van der Waals surface area contributed by atoms with Crippen molar-refractivity contribution < 1.29 is 67.1 Å². The van der Waals surface area contributed by atoms with Crippen LogP contribution in [0.1, 0.15) is 181 Å². The number of carbonyl (C=O) groups is 11. The fraction of sp³-hybridized carbons (Fsp3) is 0.779. The van der Waals surface area contributed by atoms with Gasteiger partial charge in [-0.2, -0.15) is 0 Å². The summed E-state index contributed by atoms with van der Waals surface area (Å²) in [7, 11) is 10.8. The van der Waals surface area contributed by atoms with Gasteiger partial charge in [0.05, 0.1) is 19.3 Å². The Morgan fingerprint density at radius 3 is 1.62 bits per heavy atom. The van der Waals surface area contributed by atoms with Crippen LogP contribution < -0.4 is 21.3 Å². The van der Waals surface area contributed by atoms with Crippen LogP contribution in [-0.4, -0.2) is 283 Å². The topological polar surface area (TPSA) is 293 Å². The Hall–Kier alpha value is -6.81. The van der Waals surface area contributed by atoms with E-state index in [-0.39, 0.29) is 56.0 Å². The molecule has 590 valence electrons. The summed E-state index contributed by atoms with van der Waals surface area (Å²) >= 11 is 0. The van der Waals surface area contributed by atoms with E-state index >= 15 is 28.8 Å². The molecule has 3 heterocycles. The van der Waals surface area contributed by atoms with Crippen LogP contribution in [0, 0.1) is 35.5 Å². The SMILES string of the molecule is CCC1NC(=O)[C@@H]2[C@@H]([C@H](C)CCCCCN(C)Cc3ccccc3)ON2C(=O)[C@H](C(C)C)N(C)C(=O)[C@H](CC(C)C)N(C)C(=O)[C@H](CC(C)C)N(C)C(=O)[C@@H](C)NC(=O)C(C)NC(=O)[C@H](CC(C)C)N(C)C(=O)C(C(C)C)NC(=O)C([C@@H](C)OCCCCN2CCOCC2)N(C)C(=O)[C@@H](C)N(C)C1=O. The highest BCUT2D eigenvalue weighted by Gasteiger charge is 2.55. The summed E-state index contributed by atoms with van der Waals surface area (Å²) in [6, 6.07) is -3.38. The van der Waals surface area contributed by atoms with E-state index in [4.69, 9.17) is 14.3 Å². The van der Waals surface area contributed by atoms with Gasteiger partial charge in [-0.3, -0.25) is 62.5 Å². The van der Waals surface area contributed by atoms with Gasteiger partial charge in [0.2, 0.25) is 59.1 Å². The van der Waals surface area contributed by atoms with E-state index in [2.05, 4.69) is 50.2 Å². The first-order chi connectivity index (χ1) is 48.8. The van der Waals surface area contributed by atoms with Crippen LogP contribution in [0.4, 0.5) is 0 Å². The van der Waals surface area contributed by atoms with E-state index in [9.17, 15) is 24.0 Å². The molecule has 14 atom stereocenters. The lowest BCUT2D eigenvalue weighted by Crippen LogP contribution is -2.72. The predicted octanol–water partition coefficient (Wildman–Crippen LogP) is 5.18. The molecule has 0 saturated carbocycles. The molecule has 3 saturated heterocycles. The van der Waals surface area contributed by atoms with Gasteiger partial charge in [0.1, 0.15) is 66.5 Å². The van der Waals surface area contributed by atoms with Crippen LogP contribution in [0.15, 0.2) is 30.3 Å². The van der Waals surface area contributed by atoms with Crippen molar-refractivity contribution in [3.05, 3.63) is 35.9 Å². The van der Waals surface area contributed by atoms with E-state index in [0.717, 1.165) is 63.5 Å². The van der Waals surface area contributed by atoms with Crippen molar-refractivity contribution in [3.63, 3.8) is 0 Å². The van der Waals surface area contributed by atoms with E-state index in [0.29, 0.717) is 26.1 Å². The summed E-state index contributed by atoms with van der Waals surface area (Å²) in [5.41, 5.74) is 1.22. The van der Waals surface area contributed by atoms with Gasteiger partial charge >= 0.3 is 0 Å². The number of nitrogens with zero attached hydrogens (tertiary/aromatic N) is 9. The molecular formula is C77H133N13O14. The van der Waals surface area contributed by atoms with Gasteiger partial charge in [-0.25, -0.2) is 5.06 Å². The average molecular weight is 1460 g/mol. The van der Waals surface area contributed by atoms with E-state index < -0.39 is 155 Å². The average Bonchev–Trinajstić information content (AvgIpc) is 0.765. The Kier molecular flexibility index (Phi) is 36.6. The van der Waals surface area contributed by atoms with Crippen LogP contribution in [0.2, 0.25) is 0 Å². The number of benzene rings is 1. The summed E-state index contributed by atoms with van der Waals surface area (Å²) in [5, 5.41) is 12.3. The fourth-order valence-corrected chi connectivity index (χ4v) is 14.1. The maximum absolute atomic E-state index is 15.5. The van der Waals surface area contributed by atoms with Crippen LogP contribution in [0.25, 0.3) is 0 Å². The number of nitrogens with one attached hydrogen (secondary N) is 4. The molecule has 27 nitrogen and oxygen atoms in total. The lowest BCUT2D eigenvalue weighted by molar-refractivity contribution is -0.322. The summed E-state index contributed by atoms with van der Waals surface area (Å²) in [6.07, 6.45) is 3.29. The summed E-state index contributed by atoms with van der Waals surface area (Å²) in [5.74, 6) is -9.21. The lowest BCUT2D eigenvalue weighted by atomic mass is 9.88. The molecule has 4 unspecified atom stereocenters. The molecule has 4 rings (SSSR count). The zero-order valence-corrected chi connectivity index (χ0v) is 67.3. The lowest BCUT2D eigenvalue weighted by Gasteiger charge is -2.50. The Morgan fingerprint density at radius 1 is 0.519 bits per heavy atom. The number of hydroxylamine groups is 2. The monoisotopic (exact) mass is 1460 g/mol. The molecule has 27 heteroatoms. The number of amides is 11. The van der Waals surface area contributed by atoms with Crippen molar-refractivity contribution in [2.75, 3.05) is 95.3 Å². The largest absolute Gasteiger partial charge is 0.379 e. The molecule has 0 radical (unpaired) electrons. The number of morpholine rings is 1. The van der Waals surface area contributed by atoms with E-state index in [1.54, 1.807) is 41.5 Å². The van der Waals surface area contributed by atoms with Crippen LogP contribution in [0.3, 0.4) is 0 Å². The highest BCUT2D eigenvalue weighted by Crippen LogP contribution is 2.35. The molecule has 1 aromatic carbocycles. The van der Waals surface area contributed by atoms with Crippen molar-refractivity contribution in [2.45, 2.75) is 260 Å². The third-order valence-electron chi connectivity index (χ3n) is 20.7. The Morgan fingerprint density at radius 2 is 1.06 bits per heavy atom. The molecule has 1 aromatic rings. The van der Waals surface area contributed by atoms with E-state index in [1.165, 1.54) is 98.0 Å². The van der Waals surface area contributed by atoms with Crippen molar-refractivity contribution in [2.24, 2.45) is 35.5 Å². The Balaban J connectivity index is 1.85. The standard InChI is InChI=1S/C77H133N13O14/c1-24-58-73(97)83(18)55(15)72(96)88(23)64(56(16)103-40-32-31-37-89-38-41-102-42-39-89)69(93)81-62(50(8)9)76(100)84(19)59(43-47(2)3)68(92)78-53(13)67(91)79-54(14)71(95)85(20)60(44-48(4)5)74(98)86(21)61(45-49(6)7)75(99)87(22)63(51(10)11)77(101)90-65(70(94)80-58)66(104-90)52(12)33-27-26-30-36-82(17)46-57-34-28-25-29-35-57/h25,28-29,34-35,47-56,58-66H,24,26-27,30-33,36-46H2,1-23H3,(H,78,92)(H,79,91)(H,80,94)(H,81,93)/t52-,53?,54-,55-,56-,58?,59+,60+,61+,62?,63+,64?,65+,66-/m1/s1. The second-order valence-corrected chi connectivity index (χ2v) is 31.6. The van der Waals surface area contributed by atoms with Gasteiger partial charge in [-0.1, -0.05) is 126 Å². The third-order valence-corrected chi connectivity index (χ3v) is 20.7. The second kappa shape index (κ2) is 42.5. The van der Waals surface area contributed by atoms with Crippen molar-refractivity contribution in [1.82, 2.24) is 65.5 Å². The molecule has 3 aliphatic heterocycles. The first-order valence-corrected chi connectivity index (χ1v) is 38.2. The predicted molar refractivity (Wildman–Crippen MR) is 400 cm³/mol. The van der Waals surface area contributed by atoms with Crippen LogP contribution in [-0.2, 0) is 73.6 Å². The minimum absolute atomic E-state index is 0.0523. The zero-order chi connectivity index (χ0) is 78.3. The van der Waals surface area contributed by atoms with Gasteiger partial charge in [-0.15, -0.1) is 0 Å². The maximum atomic E-state index is 15.5. The number of unbranched alkanes of at least 4 members (excludes halogenated alkanes) is 3. The highest BCUT2D eigenvalue weighted by atomic mass is 16.7. The molecule has 0 aromatic heterocycles. The number of hydrogen-bond acceptors (Lipinski definition) is 16. The molecule has 3 fully saturated rings. The smallest absolute Gasteiger partial charge is 0.270 e. The number of fused-ring (bicyclic) bond motifs is 1. The minimum atomic E-state index is -1.38. The van der Waals surface area contributed by atoms with Gasteiger partial charge < -0.3 is 65.0 Å². The Labute approximate surface area is 621 Å². The second-order valence-electron chi connectivity index (χ2n) is 31.6. The van der Waals surface area contributed by atoms with Crippen molar-refractivity contribution in [3.8, 4) is 0 Å². The molecule has 11 amide bonds. The van der Waals surface area contributed by atoms with Gasteiger partial charge in [0.15, 0.2) is 6.04 Å².